The first kappa shape index (κ1) is 26.9. The lowest BCUT2D eigenvalue weighted by atomic mass is 10.1. The van der Waals surface area contributed by atoms with Crippen LogP contribution in [0.2, 0.25) is 0 Å². The summed E-state index contributed by atoms with van der Waals surface area (Å²) in [6.07, 6.45) is 2.25. The molecule has 2 rings (SSSR count). The molecule has 9 heteroatoms. The van der Waals surface area contributed by atoms with Crippen molar-refractivity contribution < 1.29 is 18.0 Å². The van der Waals surface area contributed by atoms with Crippen LogP contribution in [0.5, 0.6) is 0 Å². The molecule has 0 aliphatic rings. The summed E-state index contributed by atoms with van der Waals surface area (Å²) in [5.41, 5.74) is 2.32. The number of anilines is 1. The summed E-state index contributed by atoms with van der Waals surface area (Å²) in [6, 6.07) is 13.8. The van der Waals surface area contributed by atoms with E-state index in [4.69, 9.17) is 0 Å². The molecule has 180 valence electrons. The summed E-state index contributed by atoms with van der Waals surface area (Å²) in [6.45, 7) is 6.08. The molecular weight excluding hydrogens is 506 g/mol. The first-order valence-electron chi connectivity index (χ1n) is 10.9. The standard InChI is InChI=1S/C24H32BrN3O4S/c1-5-14-26-24(30)22(6-2)27(16-19-12-10-18(3)11-13-19)23(29)17-28(33(4,31)32)21-9-7-8-20(25)15-21/h7-13,15,22H,5-6,14,16-17H2,1-4H3,(H,26,30)/t22-/m1/s1. The predicted octanol–water partition coefficient (Wildman–Crippen LogP) is 3.86. The van der Waals surface area contributed by atoms with Crippen LogP contribution in [0.3, 0.4) is 0 Å². The van der Waals surface area contributed by atoms with E-state index < -0.39 is 28.5 Å². The summed E-state index contributed by atoms with van der Waals surface area (Å²) in [7, 11) is -3.74. The smallest absolute Gasteiger partial charge is 0.244 e. The number of aryl methyl sites for hydroxylation is 1. The molecular formula is C24H32BrN3O4S. The largest absolute Gasteiger partial charge is 0.354 e. The maximum Gasteiger partial charge on any atom is 0.244 e. The summed E-state index contributed by atoms with van der Waals surface area (Å²) in [5, 5.41) is 2.87. The molecule has 0 aliphatic heterocycles. The number of halogens is 1. The Kier molecular flexibility index (Phi) is 9.91. The fourth-order valence-electron chi connectivity index (χ4n) is 3.42. The lowest BCUT2D eigenvalue weighted by molar-refractivity contribution is -0.140. The second kappa shape index (κ2) is 12.2. The Bertz CT molecular complexity index is 1060. The maximum atomic E-state index is 13.5. The van der Waals surface area contributed by atoms with Crippen LogP contribution in [0.4, 0.5) is 5.69 Å². The lowest BCUT2D eigenvalue weighted by Gasteiger charge is -2.33. The highest BCUT2D eigenvalue weighted by Crippen LogP contribution is 2.23. The zero-order valence-corrected chi connectivity index (χ0v) is 21.9. The van der Waals surface area contributed by atoms with Crippen LogP contribution in [0.15, 0.2) is 53.0 Å². The summed E-state index contributed by atoms with van der Waals surface area (Å²) >= 11 is 3.35. The number of nitrogens with zero attached hydrogens (tertiary/aromatic N) is 2. The van der Waals surface area contributed by atoms with Crippen molar-refractivity contribution in [2.24, 2.45) is 0 Å². The molecule has 1 N–H and O–H groups in total. The van der Waals surface area contributed by atoms with Gasteiger partial charge in [0.2, 0.25) is 21.8 Å². The van der Waals surface area contributed by atoms with Gasteiger partial charge in [-0.05, 0) is 43.5 Å². The number of amides is 2. The number of sulfonamides is 1. The average molecular weight is 539 g/mol. The van der Waals surface area contributed by atoms with E-state index in [0.29, 0.717) is 23.1 Å². The van der Waals surface area contributed by atoms with Gasteiger partial charge in [0, 0.05) is 17.6 Å². The number of rotatable bonds is 11. The monoisotopic (exact) mass is 537 g/mol. The van der Waals surface area contributed by atoms with Crippen LogP contribution in [-0.2, 0) is 26.2 Å². The lowest BCUT2D eigenvalue weighted by Crippen LogP contribution is -2.52. The third kappa shape index (κ3) is 7.85. The second-order valence-electron chi connectivity index (χ2n) is 7.97. The van der Waals surface area contributed by atoms with Gasteiger partial charge in [-0.1, -0.05) is 65.7 Å². The maximum absolute atomic E-state index is 13.5. The summed E-state index contributed by atoms with van der Waals surface area (Å²) < 4.78 is 26.9. The minimum atomic E-state index is -3.74. The third-order valence-electron chi connectivity index (χ3n) is 5.18. The molecule has 0 aliphatic carbocycles. The van der Waals surface area contributed by atoms with E-state index in [9.17, 15) is 18.0 Å². The normalized spacial score (nSPS) is 12.2. The molecule has 0 unspecified atom stereocenters. The van der Waals surface area contributed by atoms with Crippen LogP contribution < -0.4 is 9.62 Å². The van der Waals surface area contributed by atoms with E-state index in [1.165, 1.54) is 4.90 Å². The molecule has 2 aromatic carbocycles. The van der Waals surface area contributed by atoms with E-state index in [1.54, 1.807) is 24.3 Å². The van der Waals surface area contributed by atoms with Gasteiger partial charge in [0.1, 0.15) is 12.6 Å². The Hall–Kier alpha value is -2.39. The molecule has 1 atom stereocenters. The number of hydrogen-bond acceptors (Lipinski definition) is 4. The molecule has 33 heavy (non-hydrogen) atoms. The fourth-order valence-corrected chi connectivity index (χ4v) is 4.65. The first-order chi connectivity index (χ1) is 15.6. The molecule has 2 aromatic rings. The van der Waals surface area contributed by atoms with Crippen molar-refractivity contribution >= 4 is 43.5 Å². The van der Waals surface area contributed by atoms with Crippen LogP contribution in [0.1, 0.15) is 37.8 Å². The van der Waals surface area contributed by atoms with Gasteiger partial charge in [-0.2, -0.15) is 0 Å². The van der Waals surface area contributed by atoms with Gasteiger partial charge in [0.05, 0.1) is 11.9 Å². The van der Waals surface area contributed by atoms with Crippen LogP contribution in [0, 0.1) is 6.92 Å². The molecule has 0 spiro atoms. The van der Waals surface area contributed by atoms with Gasteiger partial charge in [0.15, 0.2) is 0 Å². The quantitative estimate of drug-likeness (QED) is 0.471. The number of carbonyl (C=O) groups is 2. The van der Waals surface area contributed by atoms with Crippen molar-refractivity contribution in [2.75, 3.05) is 23.7 Å². The number of hydrogen-bond donors (Lipinski definition) is 1. The predicted molar refractivity (Wildman–Crippen MR) is 135 cm³/mol. The number of carbonyl (C=O) groups excluding carboxylic acids is 2. The Morgan fingerprint density at radius 1 is 1.09 bits per heavy atom. The van der Waals surface area contributed by atoms with Crippen molar-refractivity contribution in [3.8, 4) is 0 Å². The van der Waals surface area contributed by atoms with Gasteiger partial charge in [-0.15, -0.1) is 0 Å². The van der Waals surface area contributed by atoms with E-state index in [-0.39, 0.29) is 12.5 Å². The second-order valence-corrected chi connectivity index (χ2v) is 10.8. The van der Waals surface area contributed by atoms with Crippen LogP contribution in [-0.4, -0.2) is 50.5 Å². The van der Waals surface area contributed by atoms with E-state index in [2.05, 4.69) is 21.2 Å². The molecule has 0 saturated carbocycles. The molecule has 0 aromatic heterocycles. The van der Waals surface area contributed by atoms with Gasteiger partial charge in [0.25, 0.3) is 0 Å². The van der Waals surface area contributed by atoms with Crippen LogP contribution >= 0.6 is 15.9 Å². The molecule has 0 bridgehead atoms. The van der Waals surface area contributed by atoms with Gasteiger partial charge in [-0.3, -0.25) is 13.9 Å². The average Bonchev–Trinajstić information content (AvgIpc) is 2.76. The van der Waals surface area contributed by atoms with Gasteiger partial charge < -0.3 is 10.2 Å². The van der Waals surface area contributed by atoms with Crippen molar-refractivity contribution in [3.05, 3.63) is 64.1 Å². The van der Waals surface area contributed by atoms with Crippen molar-refractivity contribution in [1.29, 1.82) is 0 Å². The van der Waals surface area contributed by atoms with E-state index in [1.807, 2.05) is 45.0 Å². The minimum Gasteiger partial charge on any atom is -0.354 e. The van der Waals surface area contributed by atoms with Crippen molar-refractivity contribution in [1.82, 2.24) is 10.2 Å². The first-order valence-corrected chi connectivity index (χ1v) is 13.6. The Balaban J connectivity index is 2.41. The topological polar surface area (TPSA) is 86.8 Å². The Labute approximate surface area is 205 Å². The molecule has 0 saturated heterocycles. The summed E-state index contributed by atoms with van der Waals surface area (Å²) in [5.74, 6) is -0.687. The van der Waals surface area contributed by atoms with Gasteiger partial charge >= 0.3 is 0 Å². The fraction of sp³-hybridized carbons (Fsp3) is 0.417. The molecule has 0 fully saturated rings. The zero-order valence-electron chi connectivity index (χ0n) is 19.5. The Morgan fingerprint density at radius 3 is 2.30 bits per heavy atom. The van der Waals surface area contributed by atoms with Crippen molar-refractivity contribution in [2.45, 2.75) is 46.2 Å². The van der Waals surface area contributed by atoms with Gasteiger partial charge in [-0.25, -0.2) is 8.42 Å². The highest BCUT2D eigenvalue weighted by Gasteiger charge is 2.31. The molecule has 0 heterocycles. The van der Waals surface area contributed by atoms with Crippen LogP contribution in [0.25, 0.3) is 0 Å². The number of nitrogens with one attached hydrogen (secondary N) is 1. The Morgan fingerprint density at radius 2 is 1.76 bits per heavy atom. The highest BCUT2D eigenvalue weighted by atomic mass is 79.9. The van der Waals surface area contributed by atoms with Crippen molar-refractivity contribution in [3.63, 3.8) is 0 Å². The SMILES string of the molecule is CCCNC(=O)[C@@H](CC)N(Cc1ccc(C)cc1)C(=O)CN(c1cccc(Br)c1)S(C)(=O)=O. The van der Waals surface area contributed by atoms with E-state index >= 15 is 0 Å². The highest BCUT2D eigenvalue weighted by molar-refractivity contribution is 9.10. The summed E-state index contributed by atoms with van der Waals surface area (Å²) in [4.78, 5) is 27.9. The van der Waals surface area contributed by atoms with E-state index in [0.717, 1.165) is 28.1 Å². The molecule has 7 nitrogen and oxygen atoms in total. The molecule has 0 radical (unpaired) electrons. The minimum absolute atomic E-state index is 0.202. The number of benzene rings is 2. The third-order valence-corrected chi connectivity index (χ3v) is 6.82. The zero-order chi connectivity index (χ0) is 24.6. The molecule has 2 amide bonds.